The van der Waals surface area contributed by atoms with Crippen LogP contribution in [0.4, 0.5) is 5.69 Å². The van der Waals surface area contributed by atoms with E-state index in [-0.39, 0.29) is 10.9 Å². The van der Waals surface area contributed by atoms with Gasteiger partial charge in [-0.2, -0.15) is 0 Å². The number of nitrogens with zero attached hydrogens (tertiary/aromatic N) is 1. The Kier molecular flexibility index (Phi) is 5.42. The first-order chi connectivity index (χ1) is 11.9. The van der Waals surface area contributed by atoms with Gasteiger partial charge >= 0.3 is 0 Å². The number of nitrogen functional groups attached to an aromatic ring is 1. The number of hydrogen-bond donors (Lipinski definition) is 2. The Hall–Kier alpha value is -1.89. The maximum Gasteiger partial charge on any atom is 0.240 e. The molecule has 6 heteroatoms. The van der Waals surface area contributed by atoms with E-state index in [1.807, 2.05) is 25.1 Å². The normalized spacial score (nSPS) is 16.8. The Morgan fingerprint density at radius 2 is 1.80 bits per heavy atom. The molecule has 25 heavy (non-hydrogen) atoms. The maximum atomic E-state index is 12.6. The Balaban J connectivity index is 1.58. The van der Waals surface area contributed by atoms with Gasteiger partial charge in [0.25, 0.3) is 0 Å². The number of nitrogens with two attached hydrogens (primary N) is 1. The first-order valence-corrected chi connectivity index (χ1v) is 10.1. The molecule has 1 aliphatic rings. The van der Waals surface area contributed by atoms with Gasteiger partial charge in [0.05, 0.1) is 4.90 Å². The van der Waals surface area contributed by atoms with Gasteiger partial charge in [-0.3, -0.25) is 4.90 Å². The summed E-state index contributed by atoms with van der Waals surface area (Å²) in [6.07, 6.45) is 1.63. The highest BCUT2D eigenvalue weighted by Gasteiger charge is 2.25. The summed E-state index contributed by atoms with van der Waals surface area (Å²) < 4.78 is 28.0. The molecule has 3 N–H and O–H groups in total. The van der Waals surface area contributed by atoms with E-state index in [1.54, 1.807) is 12.1 Å². The van der Waals surface area contributed by atoms with E-state index in [0.29, 0.717) is 5.69 Å². The lowest BCUT2D eigenvalue weighted by atomic mass is 10.1. The van der Waals surface area contributed by atoms with Crippen LogP contribution in [0.2, 0.25) is 0 Å². The minimum atomic E-state index is -3.53. The van der Waals surface area contributed by atoms with Crippen molar-refractivity contribution in [2.24, 2.45) is 0 Å². The number of piperidine rings is 1. The van der Waals surface area contributed by atoms with Crippen LogP contribution in [0.15, 0.2) is 53.4 Å². The average molecular weight is 359 g/mol. The number of anilines is 1. The van der Waals surface area contributed by atoms with Crippen molar-refractivity contribution in [2.75, 3.05) is 18.8 Å². The Labute approximate surface area is 149 Å². The first-order valence-electron chi connectivity index (χ1n) is 8.58. The van der Waals surface area contributed by atoms with E-state index >= 15 is 0 Å². The van der Waals surface area contributed by atoms with Crippen LogP contribution in [-0.4, -0.2) is 32.4 Å². The van der Waals surface area contributed by atoms with Crippen LogP contribution < -0.4 is 10.5 Å². The highest BCUT2D eigenvalue weighted by Crippen LogP contribution is 2.19. The highest BCUT2D eigenvalue weighted by atomic mass is 32.2. The maximum absolute atomic E-state index is 12.6. The lowest BCUT2D eigenvalue weighted by molar-refractivity contribution is 0.200. The Bertz CT molecular complexity index is 794. The second-order valence-corrected chi connectivity index (χ2v) is 8.45. The molecule has 2 aromatic rings. The summed E-state index contributed by atoms with van der Waals surface area (Å²) in [6.45, 7) is 4.53. The van der Waals surface area contributed by atoms with Crippen molar-refractivity contribution >= 4 is 15.7 Å². The average Bonchev–Trinajstić information content (AvgIpc) is 2.56. The molecule has 0 atom stereocenters. The molecule has 1 saturated heterocycles. The molecule has 0 bridgehead atoms. The molecule has 134 valence electrons. The number of sulfonamides is 1. The van der Waals surface area contributed by atoms with Gasteiger partial charge in [0.2, 0.25) is 10.0 Å². The van der Waals surface area contributed by atoms with Gasteiger partial charge in [0.1, 0.15) is 0 Å². The lowest BCUT2D eigenvalue weighted by Crippen LogP contribution is -2.44. The number of nitrogens with one attached hydrogen (secondary N) is 1. The molecule has 0 amide bonds. The van der Waals surface area contributed by atoms with Crippen LogP contribution in [0.1, 0.15) is 24.0 Å². The SMILES string of the molecule is Cc1cc(N)cc(S(=O)(=O)NC2CCN(Cc3ccccc3)CC2)c1. The predicted molar refractivity (Wildman–Crippen MR) is 101 cm³/mol. The summed E-state index contributed by atoms with van der Waals surface area (Å²) in [4.78, 5) is 2.61. The monoisotopic (exact) mass is 359 g/mol. The van der Waals surface area contributed by atoms with Crippen molar-refractivity contribution in [2.45, 2.75) is 37.2 Å². The van der Waals surface area contributed by atoms with E-state index in [2.05, 4.69) is 21.8 Å². The van der Waals surface area contributed by atoms with E-state index < -0.39 is 10.0 Å². The van der Waals surface area contributed by atoms with Gasteiger partial charge in [0, 0.05) is 31.4 Å². The highest BCUT2D eigenvalue weighted by molar-refractivity contribution is 7.89. The van der Waals surface area contributed by atoms with Crippen molar-refractivity contribution < 1.29 is 8.42 Å². The zero-order valence-electron chi connectivity index (χ0n) is 14.5. The Morgan fingerprint density at radius 1 is 1.12 bits per heavy atom. The summed E-state index contributed by atoms with van der Waals surface area (Å²) in [5.41, 5.74) is 8.39. The third kappa shape index (κ3) is 4.81. The number of hydrogen-bond acceptors (Lipinski definition) is 4. The van der Waals surface area contributed by atoms with Gasteiger partial charge in [-0.15, -0.1) is 0 Å². The van der Waals surface area contributed by atoms with Gasteiger partial charge in [-0.05, 0) is 49.1 Å². The minimum absolute atomic E-state index is 0.0289. The van der Waals surface area contributed by atoms with Crippen LogP contribution in [0.25, 0.3) is 0 Å². The van der Waals surface area contributed by atoms with Crippen molar-refractivity contribution in [3.05, 3.63) is 59.7 Å². The fraction of sp³-hybridized carbons (Fsp3) is 0.368. The van der Waals surface area contributed by atoms with Crippen molar-refractivity contribution in [1.82, 2.24) is 9.62 Å². The predicted octanol–water partition coefficient (Wildman–Crippen LogP) is 2.52. The third-order valence-corrected chi connectivity index (χ3v) is 6.04. The molecular formula is C19H25N3O2S. The first kappa shape index (κ1) is 17.9. The molecular weight excluding hydrogens is 334 g/mol. The molecule has 0 unspecified atom stereocenters. The summed E-state index contributed by atoms with van der Waals surface area (Å²) in [7, 11) is -3.53. The standard InChI is InChI=1S/C19H25N3O2S/c1-15-11-17(20)13-19(12-15)25(23,24)21-18-7-9-22(10-8-18)14-16-5-3-2-4-6-16/h2-6,11-13,18,21H,7-10,14,20H2,1H3. The molecule has 0 saturated carbocycles. The van der Waals surface area contributed by atoms with Crippen molar-refractivity contribution in [3.8, 4) is 0 Å². The smallest absolute Gasteiger partial charge is 0.240 e. The molecule has 1 heterocycles. The summed E-state index contributed by atoms with van der Waals surface area (Å²) >= 11 is 0. The lowest BCUT2D eigenvalue weighted by Gasteiger charge is -2.32. The number of rotatable bonds is 5. The number of aryl methyl sites for hydroxylation is 1. The van der Waals surface area contributed by atoms with Crippen LogP contribution in [0, 0.1) is 6.92 Å². The largest absolute Gasteiger partial charge is 0.399 e. The second-order valence-electron chi connectivity index (χ2n) is 6.74. The Morgan fingerprint density at radius 3 is 2.44 bits per heavy atom. The summed E-state index contributed by atoms with van der Waals surface area (Å²) in [5, 5.41) is 0. The van der Waals surface area contributed by atoms with Crippen LogP contribution in [0.5, 0.6) is 0 Å². The minimum Gasteiger partial charge on any atom is -0.399 e. The molecule has 5 nitrogen and oxygen atoms in total. The second kappa shape index (κ2) is 7.56. The summed E-state index contributed by atoms with van der Waals surface area (Å²) in [5.74, 6) is 0. The van der Waals surface area contributed by atoms with Gasteiger partial charge < -0.3 is 5.73 Å². The van der Waals surface area contributed by atoms with Gasteiger partial charge in [0.15, 0.2) is 0 Å². The van der Waals surface area contributed by atoms with E-state index in [4.69, 9.17) is 5.73 Å². The van der Waals surface area contributed by atoms with Crippen LogP contribution in [-0.2, 0) is 16.6 Å². The molecule has 3 rings (SSSR count). The van der Waals surface area contributed by atoms with E-state index in [9.17, 15) is 8.42 Å². The topological polar surface area (TPSA) is 75.4 Å². The summed E-state index contributed by atoms with van der Waals surface area (Å²) in [6, 6.07) is 15.3. The molecule has 1 aliphatic heterocycles. The molecule has 0 aromatic heterocycles. The molecule has 0 spiro atoms. The van der Waals surface area contributed by atoms with Crippen molar-refractivity contribution in [3.63, 3.8) is 0 Å². The molecule has 0 aliphatic carbocycles. The third-order valence-electron chi connectivity index (χ3n) is 4.54. The van der Waals surface area contributed by atoms with Crippen LogP contribution in [0.3, 0.4) is 0 Å². The fourth-order valence-electron chi connectivity index (χ4n) is 3.27. The van der Waals surface area contributed by atoms with Crippen molar-refractivity contribution in [1.29, 1.82) is 0 Å². The zero-order valence-corrected chi connectivity index (χ0v) is 15.3. The molecule has 1 fully saturated rings. The van der Waals surface area contributed by atoms with Crippen LogP contribution >= 0.6 is 0 Å². The van der Waals surface area contributed by atoms with Gasteiger partial charge in [-0.1, -0.05) is 30.3 Å². The number of likely N-dealkylation sites (tertiary alicyclic amines) is 1. The molecule has 2 aromatic carbocycles. The quantitative estimate of drug-likeness (QED) is 0.805. The van der Waals surface area contributed by atoms with E-state index in [0.717, 1.165) is 38.0 Å². The number of benzene rings is 2. The molecule has 0 radical (unpaired) electrons. The fourth-order valence-corrected chi connectivity index (χ4v) is 4.71. The zero-order chi connectivity index (χ0) is 17.9. The van der Waals surface area contributed by atoms with E-state index in [1.165, 1.54) is 11.6 Å². The van der Waals surface area contributed by atoms with Gasteiger partial charge in [-0.25, -0.2) is 13.1 Å².